The van der Waals surface area contributed by atoms with Crippen LogP contribution in [0.25, 0.3) is 11.0 Å². The highest BCUT2D eigenvalue weighted by Crippen LogP contribution is 2.29. The van der Waals surface area contributed by atoms with Gasteiger partial charge in [0.2, 0.25) is 0 Å². The number of aryl methyl sites for hydroxylation is 2. The smallest absolute Gasteiger partial charge is 0.160 e. The van der Waals surface area contributed by atoms with Crippen LogP contribution in [0, 0.1) is 6.92 Å². The van der Waals surface area contributed by atoms with E-state index < -0.39 is 0 Å². The molecule has 2 aromatic heterocycles. The summed E-state index contributed by atoms with van der Waals surface area (Å²) in [6.45, 7) is 6.25. The van der Waals surface area contributed by atoms with Gasteiger partial charge >= 0.3 is 0 Å². The van der Waals surface area contributed by atoms with Crippen LogP contribution in [0.15, 0.2) is 11.4 Å². The Bertz CT molecular complexity index is 689. The highest BCUT2D eigenvalue weighted by Gasteiger charge is 2.20. The standard InChI is InChI=1S/C15H21N5O2/c1-3-20-15-13(8-16-20)14(12(9-17-21)10(2)18-15)19-11-4-6-22-7-5-11/h8-9,11,21H,3-7H2,1-2H3,(H,18,19)/b17-9+. The van der Waals surface area contributed by atoms with Gasteiger partial charge in [0.15, 0.2) is 5.65 Å². The molecule has 1 fully saturated rings. The normalized spacial score (nSPS) is 16.6. The van der Waals surface area contributed by atoms with Crippen molar-refractivity contribution in [3.05, 3.63) is 17.5 Å². The maximum absolute atomic E-state index is 8.97. The summed E-state index contributed by atoms with van der Waals surface area (Å²) in [7, 11) is 0. The number of nitrogens with one attached hydrogen (secondary N) is 1. The quantitative estimate of drug-likeness (QED) is 0.513. The van der Waals surface area contributed by atoms with Crippen molar-refractivity contribution in [1.82, 2.24) is 14.8 Å². The highest BCUT2D eigenvalue weighted by atomic mass is 16.5. The molecule has 7 nitrogen and oxygen atoms in total. The number of hydrogen-bond acceptors (Lipinski definition) is 6. The Balaban J connectivity index is 2.10. The minimum Gasteiger partial charge on any atom is -0.411 e. The van der Waals surface area contributed by atoms with E-state index in [9.17, 15) is 0 Å². The van der Waals surface area contributed by atoms with Gasteiger partial charge in [-0.15, -0.1) is 0 Å². The summed E-state index contributed by atoms with van der Waals surface area (Å²) in [6, 6.07) is 0.342. The van der Waals surface area contributed by atoms with Crippen molar-refractivity contribution in [1.29, 1.82) is 0 Å². The van der Waals surface area contributed by atoms with Gasteiger partial charge in [-0.1, -0.05) is 5.16 Å². The lowest BCUT2D eigenvalue weighted by Gasteiger charge is -2.25. The van der Waals surface area contributed by atoms with Gasteiger partial charge in [-0.2, -0.15) is 5.10 Å². The Morgan fingerprint density at radius 1 is 1.50 bits per heavy atom. The van der Waals surface area contributed by atoms with Crippen LogP contribution in [-0.2, 0) is 11.3 Å². The number of pyridine rings is 1. The van der Waals surface area contributed by atoms with E-state index >= 15 is 0 Å². The number of nitrogens with zero attached hydrogens (tertiary/aromatic N) is 4. The van der Waals surface area contributed by atoms with Crippen LogP contribution in [0.2, 0.25) is 0 Å². The fourth-order valence-electron chi connectivity index (χ4n) is 2.87. The molecule has 0 aromatic carbocycles. The Morgan fingerprint density at radius 3 is 2.95 bits per heavy atom. The third kappa shape index (κ3) is 2.64. The molecular formula is C15H21N5O2. The zero-order valence-corrected chi connectivity index (χ0v) is 12.9. The molecule has 7 heteroatoms. The maximum atomic E-state index is 8.97. The van der Waals surface area contributed by atoms with E-state index in [1.807, 2.05) is 24.7 Å². The molecule has 0 unspecified atom stereocenters. The van der Waals surface area contributed by atoms with Crippen molar-refractivity contribution in [3.63, 3.8) is 0 Å². The molecule has 2 aromatic rings. The van der Waals surface area contributed by atoms with Crippen molar-refractivity contribution < 1.29 is 9.94 Å². The number of ether oxygens (including phenoxy) is 1. The van der Waals surface area contributed by atoms with Gasteiger partial charge in [-0.25, -0.2) is 9.67 Å². The second kappa shape index (κ2) is 6.31. The molecule has 0 spiro atoms. The first-order valence-corrected chi connectivity index (χ1v) is 7.62. The summed E-state index contributed by atoms with van der Waals surface area (Å²) in [6.07, 6.45) is 5.18. The molecule has 0 aliphatic carbocycles. The van der Waals surface area contributed by atoms with E-state index in [-0.39, 0.29) is 0 Å². The molecule has 1 saturated heterocycles. The van der Waals surface area contributed by atoms with Crippen LogP contribution >= 0.6 is 0 Å². The van der Waals surface area contributed by atoms with Crippen LogP contribution in [-0.4, -0.2) is 45.4 Å². The summed E-state index contributed by atoms with van der Waals surface area (Å²) in [5.74, 6) is 0. The molecule has 1 aliphatic rings. The molecule has 118 valence electrons. The van der Waals surface area contributed by atoms with Crippen LogP contribution in [0.4, 0.5) is 5.69 Å². The third-order valence-electron chi connectivity index (χ3n) is 4.07. The molecule has 1 aliphatic heterocycles. The Kier molecular flexibility index (Phi) is 4.24. The first-order valence-electron chi connectivity index (χ1n) is 7.62. The predicted octanol–water partition coefficient (Wildman–Crippen LogP) is 2.16. The number of hydrogen-bond donors (Lipinski definition) is 2. The van der Waals surface area contributed by atoms with Crippen LogP contribution < -0.4 is 5.32 Å². The zero-order chi connectivity index (χ0) is 15.5. The van der Waals surface area contributed by atoms with Crippen molar-refractivity contribution in [2.24, 2.45) is 5.16 Å². The minimum atomic E-state index is 0.342. The van der Waals surface area contributed by atoms with Crippen molar-refractivity contribution in [2.45, 2.75) is 39.3 Å². The number of rotatable bonds is 4. The maximum Gasteiger partial charge on any atom is 0.160 e. The Hall–Kier alpha value is -2.15. The van der Waals surface area contributed by atoms with Gasteiger partial charge in [0.25, 0.3) is 0 Å². The van der Waals surface area contributed by atoms with Gasteiger partial charge in [0, 0.05) is 31.4 Å². The summed E-state index contributed by atoms with van der Waals surface area (Å²) < 4.78 is 7.29. The molecule has 2 N–H and O–H groups in total. The van der Waals surface area contributed by atoms with Gasteiger partial charge in [0.05, 0.1) is 29.2 Å². The predicted molar refractivity (Wildman–Crippen MR) is 84.8 cm³/mol. The molecule has 3 heterocycles. The largest absolute Gasteiger partial charge is 0.411 e. The fourth-order valence-corrected chi connectivity index (χ4v) is 2.87. The number of aromatic nitrogens is 3. The first kappa shape index (κ1) is 14.8. The Morgan fingerprint density at radius 2 is 2.27 bits per heavy atom. The molecule has 22 heavy (non-hydrogen) atoms. The van der Waals surface area contributed by atoms with Gasteiger partial charge in [0.1, 0.15) is 0 Å². The summed E-state index contributed by atoms with van der Waals surface area (Å²) in [5, 5.41) is 21.1. The second-order valence-corrected chi connectivity index (χ2v) is 5.46. The van der Waals surface area contributed by atoms with Crippen LogP contribution in [0.5, 0.6) is 0 Å². The van der Waals surface area contributed by atoms with E-state index in [4.69, 9.17) is 9.94 Å². The average molecular weight is 303 g/mol. The van der Waals surface area contributed by atoms with E-state index in [0.29, 0.717) is 6.04 Å². The van der Waals surface area contributed by atoms with Crippen LogP contribution in [0.1, 0.15) is 31.0 Å². The lowest BCUT2D eigenvalue weighted by Crippen LogP contribution is -2.28. The van der Waals surface area contributed by atoms with Gasteiger partial charge in [-0.3, -0.25) is 0 Å². The number of oxime groups is 1. The average Bonchev–Trinajstić information content (AvgIpc) is 2.94. The van der Waals surface area contributed by atoms with E-state index in [2.05, 4.69) is 20.6 Å². The molecule has 0 atom stereocenters. The van der Waals surface area contributed by atoms with Crippen molar-refractivity contribution in [3.8, 4) is 0 Å². The number of fused-ring (bicyclic) bond motifs is 1. The summed E-state index contributed by atoms with van der Waals surface area (Å²) in [4.78, 5) is 4.61. The highest BCUT2D eigenvalue weighted by molar-refractivity contribution is 6.01. The monoisotopic (exact) mass is 303 g/mol. The lowest BCUT2D eigenvalue weighted by atomic mass is 10.1. The molecule has 0 saturated carbocycles. The second-order valence-electron chi connectivity index (χ2n) is 5.46. The summed E-state index contributed by atoms with van der Waals surface area (Å²) in [5.41, 5.74) is 3.41. The topological polar surface area (TPSA) is 84.6 Å². The summed E-state index contributed by atoms with van der Waals surface area (Å²) >= 11 is 0. The third-order valence-corrected chi connectivity index (χ3v) is 4.07. The van der Waals surface area contributed by atoms with E-state index in [1.165, 1.54) is 6.21 Å². The zero-order valence-electron chi connectivity index (χ0n) is 12.9. The molecule has 0 radical (unpaired) electrons. The van der Waals surface area contributed by atoms with E-state index in [1.54, 1.807) is 0 Å². The molecule has 0 amide bonds. The van der Waals surface area contributed by atoms with Gasteiger partial charge < -0.3 is 15.3 Å². The van der Waals surface area contributed by atoms with Crippen molar-refractivity contribution in [2.75, 3.05) is 18.5 Å². The first-order chi connectivity index (χ1) is 10.7. The minimum absolute atomic E-state index is 0.342. The SMILES string of the molecule is CCn1ncc2c(NC3CCOCC3)c(/C=N/O)c(C)nc21. The molecular weight excluding hydrogens is 282 g/mol. The Labute approximate surface area is 129 Å². The van der Waals surface area contributed by atoms with Crippen LogP contribution in [0.3, 0.4) is 0 Å². The van der Waals surface area contributed by atoms with Crippen molar-refractivity contribution >= 4 is 22.9 Å². The lowest BCUT2D eigenvalue weighted by molar-refractivity contribution is 0.0905. The number of anilines is 1. The van der Waals surface area contributed by atoms with E-state index in [0.717, 1.165) is 60.6 Å². The molecule has 0 bridgehead atoms. The molecule has 3 rings (SSSR count). The fraction of sp³-hybridized carbons (Fsp3) is 0.533. The van der Waals surface area contributed by atoms with Gasteiger partial charge in [-0.05, 0) is 26.7 Å².